The Morgan fingerprint density at radius 3 is 2.38 bits per heavy atom. The molecule has 11 heteroatoms. The van der Waals surface area contributed by atoms with E-state index in [4.69, 9.17) is 4.74 Å². The number of amides is 2. The van der Waals surface area contributed by atoms with Crippen LogP contribution in [0.3, 0.4) is 0 Å². The monoisotopic (exact) mass is 591 g/mol. The highest BCUT2D eigenvalue weighted by Crippen LogP contribution is 2.29. The molecule has 0 spiro atoms. The number of pyridine rings is 2. The van der Waals surface area contributed by atoms with Gasteiger partial charge in [-0.2, -0.15) is 0 Å². The lowest BCUT2D eigenvalue weighted by molar-refractivity contribution is -0.118. The number of nitrogens with one attached hydrogen (secondary N) is 2. The molecule has 0 bridgehead atoms. The van der Waals surface area contributed by atoms with Gasteiger partial charge in [0.15, 0.2) is 0 Å². The molecule has 4 aromatic rings. The maximum absolute atomic E-state index is 12.8. The third kappa shape index (κ3) is 8.26. The fourth-order valence-electron chi connectivity index (χ4n) is 4.41. The first-order valence-electron chi connectivity index (χ1n) is 13.7. The standard InChI is InChI=1S/C29H31N5O5S.C2H6/c1-4-34(26-13-5-6-15-31-26)28-24(29(36)30-2)17-20(19-32-28)14-16-39-25-12-8-10-22-21(9-7-11-23(22)25)18-27(35)33-40(3,37)38;1-2/h5-13,15,17,19H,4,14,16,18H2,1-3H3,(H,30,36)(H,33,35);1-2H3. The summed E-state index contributed by atoms with van der Waals surface area (Å²) in [4.78, 5) is 35.9. The van der Waals surface area contributed by atoms with Gasteiger partial charge in [-0.15, -0.1) is 0 Å². The lowest BCUT2D eigenvalue weighted by atomic mass is 10.0. The van der Waals surface area contributed by atoms with Crippen LogP contribution in [0.25, 0.3) is 10.8 Å². The van der Waals surface area contributed by atoms with E-state index in [2.05, 4.69) is 15.3 Å². The third-order valence-electron chi connectivity index (χ3n) is 6.16. The first-order chi connectivity index (χ1) is 20.2. The summed E-state index contributed by atoms with van der Waals surface area (Å²) >= 11 is 0. The highest BCUT2D eigenvalue weighted by Gasteiger charge is 2.20. The smallest absolute Gasteiger partial charge is 0.254 e. The number of carbonyl (C=O) groups excluding carboxylic acids is 2. The van der Waals surface area contributed by atoms with Crippen LogP contribution in [-0.2, 0) is 27.7 Å². The molecule has 0 aliphatic carbocycles. The summed E-state index contributed by atoms with van der Waals surface area (Å²) < 4.78 is 30.9. The fourth-order valence-corrected chi connectivity index (χ4v) is 4.89. The largest absolute Gasteiger partial charge is 0.493 e. The number of nitrogens with zero attached hydrogens (tertiary/aromatic N) is 3. The fraction of sp³-hybridized carbons (Fsp3) is 0.290. The number of hydrogen-bond donors (Lipinski definition) is 2. The van der Waals surface area contributed by atoms with Gasteiger partial charge in [0.05, 0.1) is 24.8 Å². The van der Waals surface area contributed by atoms with Crippen molar-refractivity contribution >= 4 is 44.2 Å². The minimum absolute atomic E-state index is 0.0819. The summed E-state index contributed by atoms with van der Waals surface area (Å²) in [6, 6.07) is 18.4. The predicted molar refractivity (Wildman–Crippen MR) is 166 cm³/mol. The lowest BCUT2D eigenvalue weighted by Crippen LogP contribution is -2.30. The molecule has 42 heavy (non-hydrogen) atoms. The van der Waals surface area contributed by atoms with E-state index in [9.17, 15) is 18.0 Å². The summed E-state index contributed by atoms with van der Waals surface area (Å²) in [5.74, 6) is 0.996. The minimum Gasteiger partial charge on any atom is -0.493 e. The molecule has 0 radical (unpaired) electrons. The van der Waals surface area contributed by atoms with Gasteiger partial charge < -0.3 is 15.0 Å². The van der Waals surface area contributed by atoms with Crippen molar-refractivity contribution in [1.29, 1.82) is 0 Å². The van der Waals surface area contributed by atoms with Crippen molar-refractivity contribution in [3.05, 3.63) is 89.7 Å². The van der Waals surface area contributed by atoms with E-state index in [1.54, 1.807) is 31.6 Å². The molecule has 2 aromatic carbocycles. The summed E-state index contributed by atoms with van der Waals surface area (Å²) in [6.45, 7) is 6.87. The summed E-state index contributed by atoms with van der Waals surface area (Å²) in [5, 5.41) is 4.30. The summed E-state index contributed by atoms with van der Waals surface area (Å²) in [6.07, 6.45) is 4.80. The van der Waals surface area contributed by atoms with Crippen molar-refractivity contribution < 1.29 is 22.7 Å². The van der Waals surface area contributed by atoms with Gasteiger partial charge in [0.1, 0.15) is 17.4 Å². The van der Waals surface area contributed by atoms with Gasteiger partial charge >= 0.3 is 0 Å². The van der Waals surface area contributed by atoms with Crippen molar-refractivity contribution in [2.24, 2.45) is 0 Å². The van der Waals surface area contributed by atoms with E-state index < -0.39 is 15.9 Å². The highest BCUT2D eigenvalue weighted by molar-refractivity contribution is 7.89. The molecule has 2 amide bonds. The van der Waals surface area contributed by atoms with Crippen LogP contribution < -0.4 is 19.7 Å². The van der Waals surface area contributed by atoms with Crippen molar-refractivity contribution in [3.8, 4) is 5.75 Å². The van der Waals surface area contributed by atoms with E-state index in [1.165, 1.54) is 0 Å². The van der Waals surface area contributed by atoms with Crippen LogP contribution in [0, 0.1) is 0 Å². The van der Waals surface area contributed by atoms with Crippen LogP contribution in [0.1, 0.15) is 42.3 Å². The normalized spacial score (nSPS) is 10.8. The van der Waals surface area contributed by atoms with Gasteiger partial charge in [-0.1, -0.05) is 50.2 Å². The number of rotatable bonds is 11. The van der Waals surface area contributed by atoms with Crippen LogP contribution in [0.15, 0.2) is 73.1 Å². The van der Waals surface area contributed by atoms with Gasteiger partial charge in [-0.05, 0) is 47.7 Å². The molecule has 0 aliphatic rings. The number of aromatic nitrogens is 2. The Balaban J connectivity index is 0.00000237. The van der Waals surface area contributed by atoms with Crippen LogP contribution in [0.4, 0.5) is 11.6 Å². The van der Waals surface area contributed by atoms with E-state index in [0.29, 0.717) is 48.1 Å². The van der Waals surface area contributed by atoms with Gasteiger partial charge in [0.25, 0.3) is 5.91 Å². The number of fused-ring (bicyclic) bond motifs is 1. The van der Waals surface area contributed by atoms with Gasteiger partial charge in [0, 0.05) is 37.8 Å². The molecule has 0 saturated heterocycles. The molecule has 0 saturated carbocycles. The Labute approximate surface area is 247 Å². The molecule has 0 atom stereocenters. The maximum atomic E-state index is 12.8. The average molecular weight is 592 g/mol. The Morgan fingerprint density at radius 2 is 1.71 bits per heavy atom. The zero-order valence-corrected chi connectivity index (χ0v) is 25.4. The Bertz CT molecular complexity index is 1630. The van der Waals surface area contributed by atoms with Gasteiger partial charge in [-0.25, -0.2) is 18.4 Å². The van der Waals surface area contributed by atoms with Crippen molar-refractivity contribution in [1.82, 2.24) is 20.0 Å². The van der Waals surface area contributed by atoms with Crippen LogP contribution >= 0.6 is 0 Å². The molecule has 2 heterocycles. The van der Waals surface area contributed by atoms with E-state index in [0.717, 1.165) is 22.6 Å². The van der Waals surface area contributed by atoms with E-state index >= 15 is 0 Å². The topological polar surface area (TPSA) is 131 Å². The molecule has 2 N–H and O–H groups in total. The average Bonchev–Trinajstić information content (AvgIpc) is 2.98. The van der Waals surface area contributed by atoms with E-state index in [1.807, 2.05) is 78.9 Å². The zero-order valence-electron chi connectivity index (χ0n) is 24.5. The lowest BCUT2D eigenvalue weighted by Gasteiger charge is -2.23. The SMILES string of the molecule is CC.CCN(c1ccccn1)c1ncc(CCOc2cccc3c(CC(=O)NS(C)(=O)=O)cccc23)cc1C(=O)NC. The Morgan fingerprint density at radius 1 is 0.976 bits per heavy atom. The number of sulfonamides is 1. The molecule has 10 nitrogen and oxygen atoms in total. The highest BCUT2D eigenvalue weighted by atomic mass is 32.2. The molecule has 222 valence electrons. The van der Waals surface area contributed by atoms with Gasteiger partial charge in [-0.3, -0.25) is 14.3 Å². The van der Waals surface area contributed by atoms with Crippen LogP contribution in [0.5, 0.6) is 5.75 Å². The number of ether oxygens (including phenoxy) is 1. The quantitative estimate of drug-likeness (QED) is 0.262. The Kier molecular flexibility index (Phi) is 11.4. The Hall–Kier alpha value is -4.51. The molecular weight excluding hydrogens is 554 g/mol. The molecule has 0 aliphatic heterocycles. The molecule has 0 unspecified atom stereocenters. The van der Waals surface area contributed by atoms with Crippen molar-refractivity contribution in [3.63, 3.8) is 0 Å². The zero-order chi connectivity index (χ0) is 30.7. The van der Waals surface area contributed by atoms with Crippen LogP contribution in [-0.4, -0.2) is 56.7 Å². The predicted octanol–water partition coefficient (Wildman–Crippen LogP) is 4.41. The summed E-state index contributed by atoms with van der Waals surface area (Å²) in [7, 11) is -2.06. The first kappa shape index (κ1) is 32.0. The number of benzene rings is 2. The van der Waals surface area contributed by atoms with Crippen LogP contribution in [0.2, 0.25) is 0 Å². The number of anilines is 2. The van der Waals surface area contributed by atoms with Crippen molar-refractivity contribution in [2.75, 3.05) is 31.4 Å². The molecule has 0 fully saturated rings. The molecule has 4 rings (SSSR count). The minimum atomic E-state index is -3.64. The second-order valence-corrected chi connectivity index (χ2v) is 10.8. The number of hydrogen-bond acceptors (Lipinski definition) is 8. The first-order valence-corrected chi connectivity index (χ1v) is 15.6. The molecule has 2 aromatic heterocycles. The third-order valence-corrected chi connectivity index (χ3v) is 6.76. The van der Waals surface area contributed by atoms with Crippen molar-refractivity contribution in [2.45, 2.75) is 33.6 Å². The van der Waals surface area contributed by atoms with Gasteiger partial charge in [0.2, 0.25) is 15.9 Å². The summed E-state index contributed by atoms with van der Waals surface area (Å²) in [5.41, 5.74) is 1.96. The second kappa shape index (κ2) is 14.9. The maximum Gasteiger partial charge on any atom is 0.254 e. The second-order valence-electron chi connectivity index (χ2n) is 9.07. The van der Waals surface area contributed by atoms with E-state index in [-0.39, 0.29) is 12.3 Å². The molecular formula is C31H37N5O5S. The number of carbonyl (C=O) groups is 2.